The average molecular weight is 341 g/mol. The van der Waals surface area contributed by atoms with Crippen molar-refractivity contribution in [3.8, 4) is 0 Å². The molecule has 2 aliphatic carbocycles. The van der Waals surface area contributed by atoms with Crippen molar-refractivity contribution < 1.29 is 0 Å². The van der Waals surface area contributed by atoms with Gasteiger partial charge < -0.3 is 0 Å². The van der Waals surface area contributed by atoms with Gasteiger partial charge in [-0.2, -0.15) is 0 Å². The van der Waals surface area contributed by atoms with Crippen LogP contribution in [-0.2, 0) is 0 Å². The van der Waals surface area contributed by atoms with Crippen LogP contribution in [0.2, 0.25) is 9.63 Å². The summed E-state index contributed by atoms with van der Waals surface area (Å²) in [6.07, 6.45) is 3.38. The maximum atomic E-state index is 6.57. The van der Waals surface area contributed by atoms with Crippen LogP contribution < -0.4 is 0 Å². The first-order chi connectivity index (χ1) is 6.51. The molecule has 0 aromatic carbocycles. The molecule has 0 amide bonds. The van der Waals surface area contributed by atoms with Crippen molar-refractivity contribution in [3.05, 3.63) is 0 Å². The van der Waals surface area contributed by atoms with Crippen molar-refractivity contribution in [1.29, 1.82) is 0 Å². The molecule has 2 aliphatic heterocycles. The third kappa shape index (κ3) is 1.27. The SMILES string of the molecule is Cl[C@@H]1C2CC3CC1[Se](Cl)(Cl)C(C2)[C@@H]3Cl. The molecule has 5 heteroatoms. The first kappa shape index (κ1) is 10.8. The maximum absolute atomic E-state index is 6.57. The monoisotopic (exact) mass is 340 g/mol. The Balaban J connectivity index is 2.01. The van der Waals surface area contributed by atoms with Crippen LogP contribution in [0.5, 0.6) is 0 Å². The van der Waals surface area contributed by atoms with E-state index in [9.17, 15) is 0 Å². The Morgan fingerprint density at radius 1 is 0.786 bits per heavy atom. The van der Waals surface area contributed by atoms with Crippen LogP contribution in [0.15, 0.2) is 0 Å². The average Bonchev–Trinajstić information content (AvgIpc) is 2.11. The summed E-state index contributed by atoms with van der Waals surface area (Å²) >= 11 is 10.5. The van der Waals surface area contributed by atoms with Crippen LogP contribution in [0.25, 0.3) is 0 Å². The molecule has 2 saturated carbocycles. The van der Waals surface area contributed by atoms with Crippen LogP contribution in [0.4, 0.5) is 0 Å². The number of halogens is 4. The van der Waals surface area contributed by atoms with Gasteiger partial charge in [0.05, 0.1) is 0 Å². The van der Waals surface area contributed by atoms with Gasteiger partial charge in [0.25, 0.3) is 0 Å². The van der Waals surface area contributed by atoms with E-state index in [1.807, 2.05) is 0 Å². The van der Waals surface area contributed by atoms with E-state index < -0.39 is 11.0 Å². The molecule has 4 unspecified atom stereocenters. The minimum atomic E-state index is -2.38. The van der Waals surface area contributed by atoms with Crippen molar-refractivity contribution in [1.82, 2.24) is 0 Å². The summed E-state index contributed by atoms with van der Waals surface area (Å²) in [5.74, 6) is 1.28. The van der Waals surface area contributed by atoms with Gasteiger partial charge in [0.2, 0.25) is 0 Å². The Morgan fingerprint density at radius 3 is 1.64 bits per heavy atom. The van der Waals surface area contributed by atoms with Gasteiger partial charge in [-0.15, -0.1) is 0 Å². The molecule has 0 aromatic heterocycles. The van der Waals surface area contributed by atoms with E-state index in [1.54, 1.807) is 0 Å². The Labute approximate surface area is 105 Å². The second kappa shape index (κ2) is 3.34. The predicted octanol–water partition coefficient (Wildman–Crippen LogP) is 4.30. The molecule has 0 nitrogen and oxygen atoms in total. The summed E-state index contributed by atoms with van der Waals surface area (Å²) in [7, 11) is 13.1. The van der Waals surface area contributed by atoms with Gasteiger partial charge >= 0.3 is 106 Å². The zero-order valence-corrected chi connectivity index (χ0v) is 12.2. The van der Waals surface area contributed by atoms with E-state index in [-0.39, 0.29) is 10.8 Å². The van der Waals surface area contributed by atoms with Crippen molar-refractivity contribution in [3.63, 3.8) is 0 Å². The molecule has 6 atom stereocenters. The van der Waals surface area contributed by atoms with Gasteiger partial charge in [-0.3, -0.25) is 0 Å². The standard InChI is InChI=1S/C9H12Cl4Se/c10-8-4-1-5-3-7(8)14(12,13)6(2-4)9(5)11/h4-9H,1-3H2/t4?,5?,6?,7?,8-,9-/m1/s1. The van der Waals surface area contributed by atoms with Crippen LogP contribution in [0, 0.1) is 11.8 Å². The molecule has 0 spiro atoms. The molecule has 4 aliphatic rings. The first-order valence-corrected chi connectivity index (χ1v) is 12.4. The number of hydrogen-bond donors (Lipinski definition) is 0. The van der Waals surface area contributed by atoms with Crippen molar-refractivity contribution in [2.24, 2.45) is 11.8 Å². The predicted molar refractivity (Wildman–Crippen MR) is 65.1 cm³/mol. The Hall–Kier alpha value is 1.68. The zero-order valence-electron chi connectivity index (χ0n) is 7.51. The molecule has 4 rings (SSSR count). The summed E-state index contributed by atoms with van der Waals surface area (Å²) < 4.78 is 0. The normalized spacial score (nSPS) is 61.4. The third-order valence-electron chi connectivity index (χ3n) is 4.09. The molecule has 4 bridgehead atoms. The fraction of sp³-hybridized carbons (Fsp3) is 1.00. The summed E-state index contributed by atoms with van der Waals surface area (Å²) in [5, 5.41) is 0.475. The van der Waals surface area contributed by atoms with Crippen molar-refractivity contribution in [2.75, 3.05) is 0 Å². The third-order valence-corrected chi connectivity index (χ3v) is 16.3. The summed E-state index contributed by atoms with van der Waals surface area (Å²) in [4.78, 5) is 0.822. The summed E-state index contributed by atoms with van der Waals surface area (Å²) in [6, 6.07) is 0. The molecule has 14 heavy (non-hydrogen) atoms. The van der Waals surface area contributed by atoms with Crippen LogP contribution >= 0.6 is 43.4 Å². The molecule has 0 N–H and O–H groups in total. The first-order valence-electron chi connectivity index (χ1n) is 5.00. The molecule has 0 aromatic rings. The van der Waals surface area contributed by atoms with Gasteiger partial charge in [0.15, 0.2) is 0 Å². The molecule has 0 radical (unpaired) electrons. The summed E-state index contributed by atoms with van der Waals surface area (Å²) in [5.41, 5.74) is 0. The van der Waals surface area contributed by atoms with Gasteiger partial charge in [0.1, 0.15) is 0 Å². The molecule has 82 valence electrons. The molecule has 4 fully saturated rings. The Bertz CT molecular complexity index is 246. The molecule has 2 saturated heterocycles. The Kier molecular flexibility index (Phi) is 2.58. The van der Waals surface area contributed by atoms with Crippen molar-refractivity contribution >= 4 is 54.4 Å². The van der Waals surface area contributed by atoms with Gasteiger partial charge in [-0.1, -0.05) is 0 Å². The molecular formula is C9H12Cl4Se. The second-order valence-electron chi connectivity index (χ2n) is 4.74. The van der Waals surface area contributed by atoms with Crippen LogP contribution in [-0.4, -0.2) is 21.8 Å². The van der Waals surface area contributed by atoms with Gasteiger partial charge in [-0.05, 0) is 0 Å². The van der Waals surface area contributed by atoms with E-state index in [2.05, 4.69) is 0 Å². The topological polar surface area (TPSA) is 0 Å². The second-order valence-corrected chi connectivity index (χ2v) is 16.7. The Morgan fingerprint density at radius 2 is 1.21 bits per heavy atom. The van der Waals surface area contributed by atoms with E-state index in [4.69, 9.17) is 43.4 Å². The zero-order chi connectivity index (χ0) is 10.1. The summed E-state index contributed by atoms with van der Waals surface area (Å²) in [6.45, 7) is 0. The minimum absolute atomic E-state index is 0.238. The van der Waals surface area contributed by atoms with E-state index in [1.165, 1.54) is 6.42 Å². The van der Waals surface area contributed by atoms with Gasteiger partial charge in [0, 0.05) is 0 Å². The van der Waals surface area contributed by atoms with Crippen LogP contribution in [0.3, 0.4) is 0 Å². The number of hydrogen-bond acceptors (Lipinski definition) is 0. The van der Waals surface area contributed by atoms with E-state index in [0.29, 0.717) is 21.5 Å². The molecule has 2 heterocycles. The van der Waals surface area contributed by atoms with E-state index >= 15 is 0 Å². The number of alkyl halides is 2. The van der Waals surface area contributed by atoms with E-state index in [0.717, 1.165) is 12.8 Å². The fourth-order valence-electron chi connectivity index (χ4n) is 3.39. The van der Waals surface area contributed by atoms with Gasteiger partial charge in [-0.25, -0.2) is 0 Å². The van der Waals surface area contributed by atoms with Crippen molar-refractivity contribution in [2.45, 2.75) is 39.6 Å². The van der Waals surface area contributed by atoms with Crippen LogP contribution in [0.1, 0.15) is 19.3 Å². The number of rotatable bonds is 0. The molecular weight excluding hydrogens is 329 g/mol. The fourth-order valence-corrected chi connectivity index (χ4v) is 16.0. The quantitative estimate of drug-likeness (QED) is 0.455.